The Hall–Kier alpha value is -0.810. The van der Waals surface area contributed by atoms with Gasteiger partial charge in [0.1, 0.15) is 5.82 Å². The molecule has 0 amide bonds. The summed E-state index contributed by atoms with van der Waals surface area (Å²) in [6.07, 6.45) is -5.55. The third kappa shape index (κ3) is 3.68. The minimum atomic E-state index is -4.37. The fourth-order valence-corrected chi connectivity index (χ4v) is 1.23. The highest BCUT2D eigenvalue weighted by molar-refractivity contribution is 6.30. The molecule has 0 aliphatic rings. The van der Waals surface area contributed by atoms with Crippen molar-refractivity contribution in [2.45, 2.75) is 18.6 Å². The topological polar surface area (TPSA) is 26.0 Å². The first kappa shape index (κ1) is 12.3. The van der Waals surface area contributed by atoms with Crippen molar-refractivity contribution in [3.63, 3.8) is 0 Å². The molecule has 0 spiro atoms. The molecule has 2 N–H and O–H groups in total. The predicted octanol–water partition coefficient (Wildman–Crippen LogP) is 3.43. The lowest BCUT2D eigenvalue weighted by Crippen LogP contribution is -2.20. The molecule has 0 bridgehead atoms. The maximum atomic E-state index is 12.9. The third-order valence-electron chi connectivity index (χ3n) is 1.82. The Kier molecular flexibility index (Phi) is 3.57. The lowest BCUT2D eigenvalue weighted by molar-refractivity contribution is -0.138. The van der Waals surface area contributed by atoms with E-state index in [1.54, 1.807) is 0 Å². The molecule has 6 heteroatoms. The van der Waals surface area contributed by atoms with Crippen molar-refractivity contribution in [2.24, 2.45) is 5.73 Å². The second-order valence-electron chi connectivity index (χ2n) is 3.10. The van der Waals surface area contributed by atoms with E-state index in [-0.39, 0.29) is 10.6 Å². The summed E-state index contributed by atoms with van der Waals surface area (Å²) in [5, 5.41) is -0.141. The molecular weight excluding hydrogens is 234 g/mol. The molecule has 0 saturated heterocycles. The lowest BCUT2D eigenvalue weighted by atomic mass is 10.0. The molecule has 0 unspecified atom stereocenters. The Morgan fingerprint density at radius 1 is 1.33 bits per heavy atom. The fraction of sp³-hybridized carbons (Fsp3) is 0.333. The van der Waals surface area contributed by atoms with Crippen LogP contribution in [0, 0.1) is 5.82 Å². The Morgan fingerprint density at radius 3 is 2.40 bits per heavy atom. The molecule has 0 aromatic heterocycles. The van der Waals surface area contributed by atoms with Gasteiger partial charge in [-0.2, -0.15) is 13.2 Å². The molecule has 1 aromatic rings. The maximum absolute atomic E-state index is 12.9. The van der Waals surface area contributed by atoms with Crippen LogP contribution in [0.3, 0.4) is 0 Å². The molecule has 1 nitrogen and oxygen atoms in total. The number of halogens is 5. The summed E-state index contributed by atoms with van der Waals surface area (Å²) in [4.78, 5) is 0. The van der Waals surface area contributed by atoms with Gasteiger partial charge >= 0.3 is 6.18 Å². The normalized spacial score (nSPS) is 14.0. The van der Waals surface area contributed by atoms with E-state index in [1.165, 1.54) is 12.1 Å². The SMILES string of the molecule is N[C@@H](CC(F)(F)F)c1ccc(Cl)c(F)c1. The van der Waals surface area contributed by atoms with Crippen molar-refractivity contribution in [1.82, 2.24) is 0 Å². The zero-order chi connectivity index (χ0) is 11.6. The monoisotopic (exact) mass is 241 g/mol. The lowest BCUT2D eigenvalue weighted by Gasteiger charge is -2.14. The molecule has 0 aliphatic heterocycles. The van der Waals surface area contributed by atoms with Crippen LogP contribution in [0.15, 0.2) is 18.2 Å². The summed E-state index contributed by atoms with van der Waals surface area (Å²) in [6, 6.07) is 2.11. The summed E-state index contributed by atoms with van der Waals surface area (Å²) in [5.41, 5.74) is 5.35. The van der Waals surface area contributed by atoms with Crippen molar-refractivity contribution in [3.05, 3.63) is 34.6 Å². The van der Waals surface area contributed by atoms with Crippen LogP contribution in [0.4, 0.5) is 17.6 Å². The molecular formula is C9H8ClF4N. The summed E-state index contributed by atoms with van der Waals surface area (Å²) in [6.45, 7) is 0. The fourth-order valence-electron chi connectivity index (χ4n) is 1.11. The van der Waals surface area contributed by atoms with Crippen molar-refractivity contribution >= 4 is 11.6 Å². The first-order valence-electron chi connectivity index (χ1n) is 4.07. The minimum Gasteiger partial charge on any atom is -0.324 e. The standard InChI is InChI=1S/C9H8ClF4N/c10-6-2-1-5(3-7(6)11)8(15)4-9(12,13)14/h1-3,8H,4,15H2/t8-/m0/s1. The second-order valence-corrected chi connectivity index (χ2v) is 3.51. The van der Waals surface area contributed by atoms with Crippen molar-refractivity contribution < 1.29 is 17.6 Å². The van der Waals surface area contributed by atoms with Gasteiger partial charge in [0, 0.05) is 6.04 Å². The van der Waals surface area contributed by atoms with Crippen LogP contribution in [-0.2, 0) is 0 Å². The molecule has 0 aliphatic carbocycles. The first-order chi connectivity index (χ1) is 6.79. The van der Waals surface area contributed by atoms with Crippen LogP contribution in [0.2, 0.25) is 5.02 Å². The van der Waals surface area contributed by atoms with Gasteiger partial charge in [-0.15, -0.1) is 0 Å². The molecule has 1 rings (SSSR count). The zero-order valence-electron chi connectivity index (χ0n) is 7.48. The van der Waals surface area contributed by atoms with Crippen LogP contribution in [0.25, 0.3) is 0 Å². The van der Waals surface area contributed by atoms with E-state index >= 15 is 0 Å². The smallest absolute Gasteiger partial charge is 0.324 e. The van der Waals surface area contributed by atoms with Crippen molar-refractivity contribution in [2.75, 3.05) is 0 Å². The quantitative estimate of drug-likeness (QED) is 0.789. The number of hydrogen-bond donors (Lipinski definition) is 1. The first-order valence-corrected chi connectivity index (χ1v) is 4.44. The zero-order valence-corrected chi connectivity index (χ0v) is 8.24. The third-order valence-corrected chi connectivity index (χ3v) is 2.13. The molecule has 15 heavy (non-hydrogen) atoms. The van der Waals surface area contributed by atoms with E-state index in [4.69, 9.17) is 17.3 Å². The van der Waals surface area contributed by atoms with Crippen LogP contribution in [-0.4, -0.2) is 6.18 Å². The molecule has 1 aromatic carbocycles. The number of nitrogens with two attached hydrogens (primary N) is 1. The average molecular weight is 242 g/mol. The molecule has 0 radical (unpaired) electrons. The van der Waals surface area contributed by atoms with Gasteiger partial charge in [-0.05, 0) is 17.7 Å². The minimum absolute atomic E-state index is 0.0780. The number of alkyl halides is 3. The average Bonchev–Trinajstić information content (AvgIpc) is 2.06. The van der Waals surface area contributed by atoms with Gasteiger partial charge < -0.3 is 5.73 Å². The van der Waals surface area contributed by atoms with E-state index in [0.717, 1.165) is 6.07 Å². The van der Waals surface area contributed by atoms with E-state index in [9.17, 15) is 17.6 Å². The molecule has 0 fully saturated rings. The summed E-state index contributed by atoms with van der Waals surface area (Å²) < 4.78 is 48.8. The van der Waals surface area contributed by atoms with E-state index < -0.39 is 24.5 Å². The Bertz CT molecular complexity index is 350. The van der Waals surface area contributed by atoms with Gasteiger partial charge in [0.2, 0.25) is 0 Å². The molecule has 0 heterocycles. The predicted molar refractivity (Wildman–Crippen MR) is 49.0 cm³/mol. The highest BCUT2D eigenvalue weighted by Gasteiger charge is 2.31. The van der Waals surface area contributed by atoms with Crippen LogP contribution < -0.4 is 5.73 Å². The second kappa shape index (κ2) is 4.37. The highest BCUT2D eigenvalue weighted by Crippen LogP contribution is 2.29. The van der Waals surface area contributed by atoms with E-state index in [0.29, 0.717) is 0 Å². The summed E-state index contributed by atoms with van der Waals surface area (Å²) in [7, 11) is 0. The van der Waals surface area contributed by atoms with Gasteiger partial charge in [-0.1, -0.05) is 17.7 Å². The summed E-state index contributed by atoms with van der Waals surface area (Å²) >= 11 is 5.38. The summed E-state index contributed by atoms with van der Waals surface area (Å²) in [5.74, 6) is -0.771. The van der Waals surface area contributed by atoms with Crippen LogP contribution >= 0.6 is 11.6 Å². The van der Waals surface area contributed by atoms with Gasteiger partial charge in [-0.3, -0.25) is 0 Å². The number of rotatable bonds is 2. The number of benzene rings is 1. The Balaban J connectivity index is 2.83. The maximum Gasteiger partial charge on any atom is 0.390 e. The van der Waals surface area contributed by atoms with Gasteiger partial charge in [0.25, 0.3) is 0 Å². The molecule has 0 saturated carbocycles. The molecule has 1 atom stereocenters. The molecule has 84 valence electrons. The highest BCUT2D eigenvalue weighted by atomic mass is 35.5. The van der Waals surface area contributed by atoms with E-state index in [2.05, 4.69) is 0 Å². The van der Waals surface area contributed by atoms with Crippen LogP contribution in [0.5, 0.6) is 0 Å². The van der Waals surface area contributed by atoms with Crippen molar-refractivity contribution in [3.8, 4) is 0 Å². The Labute approximate surface area is 88.8 Å². The van der Waals surface area contributed by atoms with Gasteiger partial charge in [-0.25, -0.2) is 4.39 Å². The van der Waals surface area contributed by atoms with Crippen molar-refractivity contribution in [1.29, 1.82) is 0 Å². The van der Waals surface area contributed by atoms with E-state index in [1.807, 2.05) is 0 Å². The largest absolute Gasteiger partial charge is 0.390 e. The Morgan fingerprint density at radius 2 is 1.93 bits per heavy atom. The number of hydrogen-bond acceptors (Lipinski definition) is 1. The van der Waals surface area contributed by atoms with Gasteiger partial charge in [0.15, 0.2) is 0 Å². The van der Waals surface area contributed by atoms with Crippen LogP contribution in [0.1, 0.15) is 18.0 Å². The van der Waals surface area contributed by atoms with Gasteiger partial charge in [0.05, 0.1) is 11.4 Å².